The van der Waals surface area contributed by atoms with Crippen LogP contribution in [0.4, 0.5) is 5.69 Å². The molecular formula is C18H23N5O3. The second-order valence-electron chi connectivity index (χ2n) is 6.58. The molecule has 0 aliphatic carbocycles. The number of pyridine rings is 1. The summed E-state index contributed by atoms with van der Waals surface area (Å²) in [5, 5.41) is 0. The highest BCUT2D eigenvalue weighted by Crippen LogP contribution is 2.16. The maximum absolute atomic E-state index is 12.6. The molecule has 1 amide bonds. The minimum Gasteiger partial charge on any atom is -0.370 e. The molecule has 1 saturated heterocycles. The van der Waals surface area contributed by atoms with E-state index >= 15 is 0 Å². The highest BCUT2D eigenvalue weighted by molar-refractivity contribution is 5.76. The third-order valence-corrected chi connectivity index (χ3v) is 4.59. The van der Waals surface area contributed by atoms with Crippen LogP contribution in [0.2, 0.25) is 0 Å². The van der Waals surface area contributed by atoms with Gasteiger partial charge in [-0.2, -0.15) is 0 Å². The highest BCUT2D eigenvalue weighted by atomic mass is 16.2. The van der Waals surface area contributed by atoms with Crippen LogP contribution < -0.4 is 16.1 Å². The maximum Gasteiger partial charge on any atom is 0.328 e. The number of rotatable bonds is 3. The summed E-state index contributed by atoms with van der Waals surface area (Å²) in [6.45, 7) is 6.35. The van der Waals surface area contributed by atoms with Crippen molar-refractivity contribution in [3.8, 4) is 0 Å². The number of aromatic amines is 1. The van der Waals surface area contributed by atoms with E-state index in [4.69, 9.17) is 0 Å². The fourth-order valence-electron chi connectivity index (χ4n) is 3.13. The normalized spacial score (nSPS) is 15.0. The quantitative estimate of drug-likeness (QED) is 0.852. The smallest absolute Gasteiger partial charge is 0.328 e. The Morgan fingerprint density at radius 2 is 2.00 bits per heavy atom. The van der Waals surface area contributed by atoms with Crippen LogP contribution in [0.3, 0.4) is 0 Å². The second-order valence-corrected chi connectivity index (χ2v) is 6.58. The Morgan fingerprint density at radius 3 is 2.77 bits per heavy atom. The summed E-state index contributed by atoms with van der Waals surface area (Å²) < 4.78 is 1.26. The lowest BCUT2D eigenvalue weighted by Crippen LogP contribution is -2.40. The summed E-state index contributed by atoms with van der Waals surface area (Å²) in [6, 6.07) is 4.02. The molecule has 2 aromatic rings. The minimum atomic E-state index is -0.558. The van der Waals surface area contributed by atoms with E-state index in [0.717, 1.165) is 30.9 Å². The molecule has 1 N–H and O–H groups in total. The van der Waals surface area contributed by atoms with Crippen LogP contribution in [0.25, 0.3) is 0 Å². The fraction of sp³-hybridized carbons (Fsp3) is 0.444. The number of aromatic nitrogens is 3. The number of carbonyl (C=O) groups excluding carboxylic acids is 1. The van der Waals surface area contributed by atoms with Crippen molar-refractivity contribution in [3.05, 3.63) is 56.6 Å². The number of nitrogens with one attached hydrogen (secondary N) is 1. The number of hydrogen-bond acceptors (Lipinski definition) is 5. The standard InChI is InChI=1S/C18H23N5O3/c1-13-11-23(18(26)20-17(13)25)12-16(24)22-7-3-6-21(8-9-22)15-4-5-19-14(2)10-15/h4-5,10-11H,3,6-9,12H2,1-2H3,(H,20,25,26). The van der Waals surface area contributed by atoms with Crippen LogP contribution in [-0.4, -0.2) is 51.5 Å². The maximum atomic E-state index is 12.6. The van der Waals surface area contributed by atoms with Crippen LogP contribution in [0.1, 0.15) is 17.7 Å². The number of aryl methyl sites for hydroxylation is 2. The van der Waals surface area contributed by atoms with Crippen LogP contribution in [-0.2, 0) is 11.3 Å². The Labute approximate surface area is 151 Å². The van der Waals surface area contributed by atoms with Gasteiger partial charge in [0.15, 0.2) is 0 Å². The van der Waals surface area contributed by atoms with Crippen molar-refractivity contribution in [1.29, 1.82) is 0 Å². The van der Waals surface area contributed by atoms with Gasteiger partial charge >= 0.3 is 5.69 Å². The van der Waals surface area contributed by atoms with E-state index < -0.39 is 11.2 Å². The van der Waals surface area contributed by atoms with Gasteiger partial charge in [-0.25, -0.2) is 4.79 Å². The van der Waals surface area contributed by atoms with Crippen molar-refractivity contribution in [1.82, 2.24) is 19.4 Å². The molecule has 138 valence electrons. The lowest BCUT2D eigenvalue weighted by molar-refractivity contribution is -0.131. The van der Waals surface area contributed by atoms with E-state index in [1.807, 2.05) is 19.1 Å². The van der Waals surface area contributed by atoms with Crippen molar-refractivity contribution in [2.24, 2.45) is 0 Å². The zero-order valence-electron chi connectivity index (χ0n) is 15.1. The summed E-state index contributed by atoms with van der Waals surface area (Å²) in [6.07, 6.45) is 4.08. The van der Waals surface area contributed by atoms with Gasteiger partial charge in [0.05, 0.1) is 0 Å². The zero-order chi connectivity index (χ0) is 18.7. The third kappa shape index (κ3) is 4.01. The van der Waals surface area contributed by atoms with E-state index in [-0.39, 0.29) is 12.5 Å². The molecule has 26 heavy (non-hydrogen) atoms. The Bertz CT molecular complexity index is 918. The Balaban J connectivity index is 1.67. The average Bonchev–Trinajstić information content (AvgIpc) is 2.86. The Morgan fingerprint density at radius 1 is 1.19 bits per heavy atom. The molecule has 1 aliphatic rings. The summed E-state index contributed by atoms with van der Waals surface area (Å²) in [4.78, 5) is 46.4. The van der Waals surface area contributed by atoms with Gasteiger partial charge in [0.25, 0.3) is 5.56 Å². The fourth-order valence-corrected chi connectivity index (χ4v) is 3.13. The van der Waals surface area contributed by atoms with Gasteiger partial charge in [0.1, 0.15) is 6.54 Å². The minimum absolute atomic E-state index is 0.0647. The van der Waals surface area contributed by atoms with E-state index in [0.29, 0.717) is 18.7 Å². The highest BCUT2D eigenvalue weighted by Gasteiger charge is 2.20. The SMILES string of the molecule is Cc1cc(N2CCCN(C(=O)Cn3cc(C)c(=O)[nH]c3=O)CC2)ccn1. The number of H-pyrrole nitrogens is 1. The van der Waals surface area contributed by atoms with Crippen LogP contribution in [0, 0.1) is 13.8 Å². The average molecular weight is 357 g/mol. The third-order valence-electron chi connectivity index (χ3n) is 4.59. The predicted octanol–water partition coefficient (Wildman–Crippen LogP) is 0.287. The molecule has 0 aromatic carbocycles. The van der Waals surface area contributed by atoms with Crippen LogP contribution >= 0.6 is 0 Å². The van der Waals surface area contributed by atoms with Gasteiger partial charge in [0, 0.05) is 55.5 Å². The molecule has 3 rings (SSSR count). The van der Waals surface area contributed by atoms with Gasteiger partial charge < -0.3 is 9.80 Å². The first-order chi connectivity index (χ1) is 12.4. The van der Waals surface area contributed by atoms with Crippen LogP contribution in [0.15, 0.2) is 34.1 Å². The van der Waals surface area contributed by atoms with Crippen molar-refractivity contribution >= 4 is 11.6 Å². The second kappa shape index (κ2) is 7.55. The van der Waals surface area contributed by atoms with Gasteiger partial charge in [-0.3, -0.25) is 24.1 Å². The number of anilines is 1. The molecule has 0 saturated carbocycles. The first kappa shape index (κ1) is 17.9. The molecule has 1 aliphatic heterocycles. The van der Waals surface area contributed by atoms with Crippen molar-refractivity contribution in [3.63, 3.8) is 0 Å². The number of carbonyl (C=O) groups is 1. The van der Waals surface area contributed by atoms with Gasteiger partial charge in [-0.1, -0.05) is 0 Å². The molecule has 0 unspecified atom stereocenters. The molecule has 8 nitrogen and oxygen atoms in total. The van der Waals surface area contributed by atoms with E-state index in [2.05, 4.69) is 14.9 Å². The molecule has 0 bridgehead atoms. The molecule has 2 aromatic heterocycles. The molecule has 1 fully saturated rings. The summed E-state index contributed by atoms with van der Waals surface area (Å²) in [5.41, 5.74) is 1.51. The monoisotopic (exact) mass is 357 g/mol. The molecule has 0 atom stereocenters. The zero-order valence-corrected chi connectivity index (χ0v) is 15.1. The topological polar surface area (TPSA) is 91.3 Å². The Kier molecular flexibility index (Phi) is 5.20. The van der Waals surface area contributed by atoms with Gasteiger partial charge in [0.2, 0.25) is 5.91 Å². The molecule has 3 heterocycles. The number of amides is 1. The number of hydrogen-bond donors (Lipinski definition) is 1. The predicted molar refractivity (Wildman–Crippen MR) is 98.4 cm³/mol. The van der Waals surface area contributed by atoms with Gasteiger partial charge in [-0.15, -0.1) is 0 Å². The number of nitrogens with zero attached hydrogens (tertiary/aromatic N) is 4. The summed E-state index contributed by atoms with van der Waals surface area (Å²) >= 11 is 0. The van der Waals surface area contributed by atoms with E-state index in [1.54, 1.807) is 18.0 Å². The van der Waals surface area contributed by atoms with Crippen molar-refractivity contribution in [2.75, 3.05) is 31.1 Å². The van der Waals surface area contributed by atoms with E-state index in [9.17, 15) is 14.4 Å². The van der Waals surface area contributed by atoms with Gasteiger partial charge in [-0.05, 0) is 32.4 Å². The first-order valence-electron chi connectivity index (χ1n) is 8.70. The molecule has 0 radical (unpaired) electrons. The molecule has 0 spiro atoms. The summed E-state index contributed by atoms with van der Waals surface area (Å²) in [5.74, 6) is -0.119. The Hall–Kier alpha value is -2.90. The van der Waals surface area contributed by atoms with Crippen LogP contribution in [0.5, 0.6) is 0 Å². The largest absolute Gasteiger partial charge is 0.370 e. The van der Waals surface area contributed by atoms with Crippen molar-refractivity contribution < 1.29 is 4.79 Å². The molecule has 8 heteroatoms. The molecular weight excluding hydrogens is 334 g/mol. The summed E-state index contributed by atoms with van der Waals surface area (Å²) in [7, 11) is 0. The van der Waals surface area contributed by atoms with E-state index in [1.165, 1.54) is 10.8 Å². The van der Waals surface area contributed by atoms with Crippen molar-refractivity contribution in [2.45, 2.75) is 26.8 Å². The first-order valence-corrected chi connectivity index (χ1v) is 8.70. The lowest BCUT2D eigenvalue weighted by atomic mass is 10.3. The lowest BCUT2D eigenvalue weighted by Gasteiger charge is -2.24.